The lowest BCUT2D eigenvalue weighted by Crippen LogP contribution is -2.30. The first-order chi connectivity index (χ1) is 16.4. The molecule has 2 heterocycles. The van der Waals surface area contributed by atoms with Gasteiger partial charge >= 0.3 is 5.97 Å². The van der Waals surface area contributed by atoms with E-state index in [4.69, 9.17) is 4.74 Å². The fraction of sp³-hybridized carbons (Fsp3) is 0.458. The summed E-state index contributed by atoms with van der Waals surface area (Å²) in [7, 11) is -3.82. The molecule has 2 N–H and O–H groups in total. The molecule has 2 aliphatic rings. The van der Waals surface area contributed by atoms with Crippen LogP contribution in [0.4, 0.5) is 5.69 Å². The Kier molecular flexibility index (Phi) is 7.99. The monoisotopic (exact) mass is 503 g/mol. The number of rotatable bonds is 6. The first-order valence-corrected chi connectivity index (χ1v) is 14.0. The summed E-state index contributed by atoms with van der Waals surface area (Å²) in [6.07, 6.45) is 8.87. The van der Waals surface area contributed by atoms with Crippen LogP contribution in [0.2, 0.25) is 0 Å². The van der Waals surface area contributed by atoms with Gasteiger partial charge in [-0.15, -0.1) is 11.3 Å². The van der Waals surface area contributed by atoms with Crippen molar-refractivity contribution in [2.75, 3.05) is 18.5 Å². The zero-order valence-electron chi connectivity index (χ0n) is 19.0. The fourth-order valence-electron chi connectivity index (χ4n) is 4.08. The van der Waals surface area contributed by atoms with Gasteiger partial charge in [-0.1, -0.05) is 18.9 Å². The maximum atomic E-state index is 12.8. The lowest BCUT2D eigenvalue weighted by molar-refractivity contribution is -0.119. The summed E-state index contributed by atoms with van der Waals surface area (Å²) in [6.45, 7) is 0.161. The van der Waals surface area contributed by atoms with Crippen LogP contribution in [0.3, 0.4) is 0 Å². The minimum absolute atomic E-state index is 0.0225. The standard InChI is InChI=1S/C24H29N3O5S2/c28-23(16-32-24(29)21-14-17-8-3-1-4-11-20(17)33-21)26-18-9-7-10-19(15-18)34(30,31)27-22-12-5-2-6-13-25-22/h7,9-10,14-15H,1-6,8,11-13,16H2,(H,25,27)(H,26,28). The number of hydrogen-bond donors (Lipinski definition) is 2. The molecule has 0 bridgehead atoms. The van der Waals surface area contributed by atoms with Gasteiger partial charge in [0, 0.05) is 23.5 Å². The number of amidine groups is 1. The smallest absolute Gasteiger partial charge is 0.348 e. The molecule has 1 aliphatic carbocycles. The lowest BCUT2D eigenvalue weighted by Gasteiger charge is -2.11. The van der Waals surface area contributed by atoms with E-state index in [1.54, 1.807) is 12.1 Å². The summed E-state index contributed by atoms with van der Waals surface area (Å²) in [5.41, 5.74) is 1.51. The van der Waals surface area contributed by atoms with Gasteiger partial charge in [0.05, 0.1) is 4.90 Å². The molecule has 0 atom stereocenters. The summed E-state index contributed by atoms with van der Waals surface area (Å²) in [5.74, 6) is -0.593. The van der Waals surface area contributed by atoms with E-state index in [2.05, 4.69) is 15.0 Å². The van der Waals surface area contributed by atoms with Crippen LogP contribution in [0.15, 0.2) is 40.2 Å². The average Bonchev–Trinajstić information content (AvgIpc) is 2.96. The quantitative estimate of drug-likeness (QED) is 0.456. The van der Waals surface area contributed by atoms with E-state index >= 15 is 0 Å². The van der Waals surface area contributed by atoms with Crippen LogP contribution in [-0.4, -0.2) is 39.3 Å². The number of amides is 1. The van der Waals surface area contributed by atoms with Crippen LogP contribution in [0.1, 0.15) is 65.1 Å². The molecule has 0 radical (unpaired) electrons. The van der Waals surface area contributed by atoms with Gasteiger partial charge in [-0.25, -0.2) is 13.2 Å². The van der Waals surface area contributed by atoms with E-state index in [-0.39, 0.29) is 4.90 Å². The molecule has 1 aromatic heterocycles. The van der Waals surface area contributed by atoms with Crippen molar-refractivity contribution in [3.8, 4) is 0 Å². The van der Waals surface area contributed by atoms with Gasteiger partial charge in [-0.2, -0.15) is 0 Å². The second-order valence-electron chi connectivity index (χ2n) is 8.52. The maximum Gasteiger partial charge on any atom is 0.348 e. The minimum atomic E-state index is -3.82. The molecule has 1 aromatic carbocycles. The molecule has 34 heavy (non-hydrogen) atoms. The fourth-order valence-corrected chi connectivity index (χ4v) is 6.36. The highest BCUT2D eigenvalue weighted by Crippen LogP contribution is 2.29. The maximum absolute atomic E-state index is 12.8. The van der Waals surface area contributed by atoms with Crippen molar-refractivity contribution >= 4 is 44.8 Å². The summed E-state index contributed by atoms with van der Waals surface area (Å²) in [5, 5.41) is 2.60. The Morgan fingerprint density at radius 3 is 2.68 bits per heavy atom. The Bertz CT molecular complexity index is 1160. The molecule has 2 aromatic rings. The summed E-state index contributed by atoms with van der Waals surface area (Å²) in [4.78, 5) is 30.8. The molecule has 1 aliphatic heterocycles. The highest BCUT2D eigenvalue weighted by Gasteiger charge is 2.20. The molecule has 182 valence electrons. The van der Waals surface area contributed by atoms with E-state index in [9.17, 15) is 18.0 Å². The molecular formula is C24H29N3O5S2. The number of benzene rings is 1. The SMILES string of the molecule is O=C(COC(=O)c1cc2c(s1)CCCCC2)Nc1cccc(S(=O)(=O)NC2=NCCCCC2)c1. The largest absolute Gasteiger partial charge is 0.451 e. The van der Waals surface area contributed by atoms with Crippen molar-refractivity contribution in [2.24, 2.45) is 4.99 Å². The number of thiophene rings is 1. The van der Waals surface area contributed by atoms with Crippen LogP contribution in [0, 0.1) is 0 Å². The number of carbonyl (C=O) groups excluding carboxylic acids is 2. The van der Waals surface area contributed by atoms with E-state index < -0.39 is 28.5 Å². The number of ether oxygens (including phenoxy) is 1. The van der Waals surface area contributed by atoms with Crippen LogP contribution in [0.5, 0.6) is 0 Å². The molecular weight excluding hydrogens is 474 g/mol. The van der Waals surface area contributed by atoms with Crippen molar-refractivity contribution in [1.82, 2.24) is 4.72 Å². The Balaban J connectivity index is 1.33. The topological polar surface area (TPSA) is 114 Å². The summed E-state index contributed by atoms with van der Waals surface area (Å²) in [6, 6.07) is 7.83. The van der Waals surface area contributed by atoms with Crippen LogP contribution in [-0.2, 0) is 32.4 Å². The Morgan fingerprint density at radius 1 is 1.00 bits per heavy atom. The second-order valence-corrected chi connectivity index (χ2v) is 11.3. The Morgan fingerprint density at radius 2 is 1.79 bits per heavy atom. The first-order valence-electron chi connectivity index (χ1n) is 11.7. The van der Waals surface area contributed by atoms with Gasteiger partial charge in [-0.05, 0) is 68.4 Å². The average molecular weight is 504 g/mol. The third kappa shape index (κ3) is 6.44. The van der Waals surface area contributed by atoms with Gasteiger partial charge < -0.3 is 10.1 Å². The predicted molar refractivity (Wildman–Crippen MR) is 132 cm³/mol. The van der Waals surface area contributed by atoms with E-state index in [1.807, 2.05) is 6.07 Å². The van der Waals surface area contributed by atoms with Gasteiger partial charge in [-0.3, -0.25) is 14.5 Å². The van der Waals surface area contributed by atoms with Crippen LogP contribution in [0.25, 0.3) is 0 Å². The molecule has 0 fully saturated rings. The number of nitrogens with zero attached hydrogens (tertiary/aromatic N) is 1. The molecule has 1 amide bonds. The van der Waals surface area contributed by atoms with Crippen molar-refractivity contribution in [2.45, 2.75) is 62.7 Å². The molecule has 8 nitrogen and oxygen atoms in total. The predicted octanol–water partition coefficient (Wildman–Crippen LogP) is 4.06. The zero-order valence-corrected chi connectivity index (χ0v) is 20.6. The highest BCUT2D eigenvalue weighted by atomic mass is 32.2. The number of hydrogen-bond acceptors (Lipinski definition) is 7. The third-order valence-corrected chi connectivity index (χ3v) is 8.43. The van der Waals surface area contributed by atoms with Gasteiger partial charge in [0.2, 0.25) is 0 Å². The van der Waals surface area contributed by atoms with Gasteiger partial charge in [0.1, 0.15) is 10.7 Å². The number of anilines is 1. The second kappa shape index (κ2) is 11.1. The summed E-state index contributed by atoms with van der Waals surface area (Å²) < 4.78 is 33.3. The number of carbonyl (C=O) groups is 2. The number of esters is 1. The summed E-state index contributed by atoms with van der Waals surface area (Å²) >= 11 is 1.44. The third-order valence-electron chi connectivity index (χ3n) is 5.84. The molecule has 10 heteroatoms. The van der Waals surface area contributed by atoms with Crippen molar-refractivity contribution < 1.29 is 22.7 Å². The first kappa shape index (κ1) is 24.4. The normalized spacial score (nSPS) is 16.4. The van der Waals surface area contributed by atoms with E-state index in [1.165, 1.54) is 40.3 Å². The lowest BCUT2D eigenvalue weighted by atomic mass is 10.1. The van der Waals surface area contributed by atoms with Crippen LogP contribution < -0.4 is 10.0 Å². The molecule has 0 saturated carbocycles. The highest BCUT2D eigenvalue weighted by molar-refractivity contribution is 7.90. The minimum Gasteiger partial charge on any atom is -0.451 e. The number of nitrogens with one attached hydrogen (secondary N) is 2. The van der Waals surface area contributed by atoms with Gasteiger partial charge in [0.25, 0.3) is 15.9 Å². The Hall–Kier alpha value is -2.72. The van der Waals surface area contributed by atoms with Gasteiger partial charge in [0.15, 0.2) is 6.61 Å². The number of aliphatic imine (C=N–C) groups is 1. The van der Waals surface area contributed by atoms with Crippen molar-refractivity contribution in [1.29, 1.82) is 0 Å². The van der Waals surface area contributed by atoms with Crippen LogP contribution >= 0.6 is 11.3 Å². The zero-order chi connectivity index (χ0) is 24.0. The molecule has 0 saturated heterocycles. The number of fused-ring (bicyclic) bond motifs is 1. The van der Waals surface area contributed by atoms with E-state index in [0.29, 0.717) is 29.4 Å². The Labute approximate surface area is 203 Å². The molecule has 0 spiro atoms. The number of sulfonamides is 1. The van der Waals surface area contributed by atoms with Crippen molar-refractivity contribution in [3.63, 3.8) is 0 Å². The number of aryl methyl sites for hydroxylation is 2. The molecule has 4 rings (SSSR count). The van der Waals surface area contributed by atoms with E-state index in [0.717, 1.165) is 44.9 Å². The van der Waals surface area contributed by atoms with Crippen molar-refractivity contribution in [3.05, 3.63) is 45.6 Å². The molecule has 0 unspecified atom stereocenters.